The van der Waals surface area contributed by atoms with Gasteiger partial charge in [-0.1, -0.05) is 34.8 Å². The lowest BCUT2D eigenvalue weighted by molar-refractivity contribution is -0.114. The van der Waals surface area contributed by atoms with E-state index >= 15 is 0 Å². The molecule has 0 saturated carbocycles. The third kappa shape index (κ3) is 6.20. The van der Waals surface area contributed by atoms with E-state index < -0.39 is 15.0 Å². The van der Waals surface area contributed by atoms with Gasteiger partial charge in [-0.2, -0.15) is 18.8 Å². The predicted molar refractivity (Wildman–Crippen MR) is 142 cm³/mol. The number of nitrogens with zero attached hydrogens (tertiary/aromatic N) is 6. The number of benzene rings is 2. The van der Waals surface area contributed by atoms with E-state index in [0.717, 1.165) is 35.6 Å². The number of nitrogens with one attached hydrogen (secondary N) is 1. The predicted octanol–water partition coefficient (Wildman–Crippen LogP) is 6.17. The Hall–Kier alpha value is -3.21. The molecule has 0 aliphatic carbocycles. The van der Waals surface area contributed by atoms with Crippen LogP contribution < -0.4 is 10.2 Å². The highest BCUT2D eigenvalue weighted by Crippen LogP contribution is 2.37. The fraction of sp³-hybridized carbons (Fsp3) is 0.227. The van der Waals surface area contributed by atoms with Crippen LogP contribution in [0.2, 0.25) is 15.2 Å². The van der Waals surface area contributed by atoms with E-state index in [1.54, 1.807) is 12.1 Å². The topological polar surface area (TPSA) is 153 Å². The van der Waals surface area contributed by atoms with Crippen LogP contribution in [-0.4, -0.2) is 41.7 Å². The zero-order chi connectivity index (χ0) is 27.5. The number of halogens is 3. The molecule has 2 N–H and O–H groups in total. The zero-order valence-electron chi connectivity index (χ0n) is 19.7. The smallest absolute Gasteiger partial charge is 0.296 e. The molecule has 0 spiro atoms. The van der Waals surface area contributed by atoms with Crippen LogP contribution in [0, 0.1) is 11.3 Å². The Morgan fingerprint density at radius 3 is 2.41 bits per heavy atom. The maximum absolute atomic E-state index is 11.8. The summed E-state index contributed by atoms with van der Waals surface area (Å²) in [6.45, 7) is 6.86. The van der Waals surface area contributed by atoms with E-state index in [2.05, 4.69) is 25.5 Å². The molecule has 3 aromatic rings. The molecule has 2 aromatic carbocycles. The molecular formula is C22H20Cl3N7O4S. The fourth-order valence-electron chi connectivity index (χ4n) is 3.41. The Morgan fingerprint density at radius 2 is 1.84 bits per heavy atom. The molecule has 0 saturated heterocycles. The molecule has 3 rings (SSSR count). The molecule has 1 aromatic heterocycles. The first-order valence-corrected chi connectivity index (χ1v) is 13.2. The summed E-state index contributed by atoms with van der Waals surface area (Å²) in [6.07, 6.45) is 0. The monoisotopic (exact) mass is 583 g/mol. The molecule has 0 aliphatic heterocycles. The lowest BCUT2D eigenvalue weighted by Gasteiger charge is -2.22. The van der Waals surface area contributed by atoms with Crippen molar-refractivity contribution in [1.82, 2.24) is 9.78 Å². The first-order chi connectivity index (χ1) is 17.4. The highest BCUT2D eigenvalue weighted by Gasteiger charge is 2.23. The summed E-state index contributed by atoms with van der Waals surface area (Å²) in [5.41, 5.74) is 1.41. The van der Waals surface area contributed by atoms with E-state index in [1.807, 2.05) is 26.0 Å². The van der Waals surface area contributed by atoms with Gasteiger partial charge in [0.1, 0.15) is 22.2 Å². The van der Waals surface area contributed by atoms with Gasteiger partial charge in [0.05, 0.1) is 21.4 Å². The number of hydrogen-bond donors (Lipinski definition) is 2. The minimum Gasteiger partial charge on any atom is -0.372 e. The van der Waals surface area contributed by atoms with E-state index in [0.29, 0.717) is 5.69 Å². The highest BCUT2D eigenvalue weighted by molar-refractivity contribution is 7.86. The van der Waals surface area contributed by atoms with Crippen LogP contribution in [0.4, 0.5) is 22.9 Å². The van der Waals surface area contributed by atoms with Gasteiger partial charge < -0.3 is 10.2 Å². The lowest BCUT2D eigenvalue weighted by atomic mass is 10.2. The fourth-order valence-corrected chi connectivity index (χ4v) is 4.94. The van der Waals surface area contributed by atoms with E-state index in [-0.39, 0.29) is 43.9 Å². The summed E-state index contributed by atoms with van der Waals surface area (Å²) >= 11 is 18.4. The number of rotatable bonds is 8. The van der Waals surface area contributed by atoms with Crippen molar-refractivity contribution in [2.24, 2.45) is 10.2 Å². The third-order valence-corrected chi connectivity index (χ3v) is 7.00. The first-order valence-electron chi connectivity index (χ1n) is 10.6. The standard InChI is InChI=1S/C22H20Cl3N7O4S/c1-4-31(5-2)13-6-7-17(18(8-13)27-12(3)33)28-29-22-14(11-26)21(25)30-32(22)19-9-16(24)20(10-15(19)23)37(34,35)36/h6-10H,4-5H2,1-3H3,(H,27,33)(H,34,35,36). The Balaban J connectivity index is 2.17. The Labute approximate surface area is 228 Å². The Morgan fingerprint density at radius 1 is 1.16 bits per heavy atom. The highest BCUT2D eigenvalue weighted by atomic mass is 35.5. The van der Waals surface area contributed by atoms with Gasteiger partial charge in [-0.05, 0) is 44.2 Å². The number of hydrogen-bond acceptors (Lipinski definition) is 8. The van der Waals surface area contributed by atoms with Crippen molar-refractivity contribution in [3.05, 3.63) is 51.1 Å². The SMILES string of the molecule is CCN(CC)c1ccc(N=Nc2c(C#N)c(Cl)nn2-c2cc(Cl)c(S(=O)(=O)O)cc2Cl)c(NC(C)=O)c1. The van der Waals surface area contributed by atoms with Gasteiger partial charge in [0.2, 0.25) is 5.91 Å². The van der Waals surface area contributed by atoms with E-state index in [9.17, 15) is 23.0 Å². The second-order valence-electron chi connectivity index (χ2n) is 7.48. The van der Waals surface area contributed by atoms with Gasteiger partial charge in [-0.3, -0.25) is 9.35 Å². The first kappa shape index (κ1) is 28.4. The summed E-state index contributed by atoms with van der Waals surface area (Å²) in [5.74, 6) is -0.453. The molecule has 11 nitrogen and oxygen atoms in total. The molecule has 1 amide bonds. The van der Waals surface area contributed by atoms with E-state index in [1.165, 1.54) is 6.92 Å². The Bertz CT molecular complexity index is 1540. The van der Waals surface area contributed by atoms with Crippen molar-refractivity contribution < 1.29 is 17.8 Å². The molecule has 194 valence electrons. The maximum atomic E-state index is 11.8. The summed E-state index contributed by atoms with van der Waals surface area (Å²) in [5, 5.41) is 24.0. The third-order valence-electron chi connectivity index (χ3n) is 5.11. The van der Waals surface area contributed by atoms with Gasteiger partial charge in [0, 0.05) is 25.7 Å². The summed E-state index contributed by atoms with van der Waals surface area (Å²) < 4.78 is 33.5. The molecule has 0 unspecified atom stereocenters. The molecule has 0 atom stereocenters. The molecule has 37 heavy (non-hydrogen) atoms. The van der Waals surface area contributed by atoms with Gasteiger partial charge in [0.25, 0.3) is 10.1 Å². The second kappa shape index (κ2) is 11.5. The van der Waals surface area contributed by atoms with Crippen molar-refractivity contribution in [1.29, 1.82) is 5.26 Å². The van der Waals surface area contributed by atoms with Crippen molar-refractivity contribution in [2.75, 3.05) is 23.3 Å². The number of carbonyl (C=O) groups excluding carboxylic acids is 1. The van der Waals surface area contributed by atoms with Crippen LogP contribution in [0.3, 0.4) is 0 Å². The minimum atomic E-state index is -4.65. The molecule has 0 radical (unpaired) electrons. The molecular weight excluding hydrogens is 565 g/mol. The van der Waals surface area contributed by atoms with Crippen LogP contribution in [0.25, 0.3) is 5.69 Å². The number of azo groups is 1. The van der Waals surface area contributed by atoms with Crippen molar-refractivity contribution >= 4 is 73.7 Å². The van der Waals surface area contributed by atoms with Crippen LogP contribution in [0.5, 0.6) is 0 Å². The summed E-state index contributed by atoms with van der Waals surface area (Å²) in [7, 11) is -4.65. The van der Waals surface area contributed by atoms with E-state index in [4.69, 9.17) is 34.8 Å². The Kier molecular flexibility index (Phi) is 8.78. The van der Waals surface area contributed by atoms with Crippen LogP contribution in [0.1, 0.15) is 26.3 Å². The number of amides is 1. The largest absolute Gasteiger partial charge is 0.372 e. The van der Waals surface area contributed by atoms with Crippen molar-refractivity contribution in [3.8, 4) is 11.8 Å². The minimum absolute atomic E-state index is 0.0235. The number of carbonyl (C=O) groups is 1. The van der Waals surface area contributed by atoms with Crippen LogP contribution in [-0.2, 0) is 14.9 Å². The maximum Gasteiger partial charge on any atom is 0.296 e. The molecule has 0 aliphatic rings. The van der Waals surface area contributed by atoms with Crippen LogP contribution in [0.15, 0.2) is 45.5 Å². The normalized spacial score (nSPS) is 11.5. The number of nitriles is 1. The quantitative estimate of drug-likeness (QED) is 0.237. The molecule has 0 bridgehead atoms. The molecule has 0 fully saturated rings. The van der Waals surface area contributed by atoms with Crippen molar-refractivity contribution in [3.63, 3.8) is 0 Å². The van der Waals surface area contributed by atoms with Gasteiger partial charge in [0.15, 0.2) is 11.0 Å². The molecule has 15 heteroatoms. The lowest BCUT2D eigenvalue weighted by Crippen LogP contribution is -2.21. The average molecular weight is 585 g/mol. The average Bonchev–Trinajstić information content (AvgIpc) is 3.14. The van der Waals surface area contributed by atoms with Gasteiger partial charge in [-0.15, -0.1) is 10.2 Å². The second-order valence-corrected chi connectivity index (χ2v) is 10.0. The van der Waals surface area contributed by atoms with Gasteiger partial charge >= 0.3 is 0 Å². The van der Waals surface area contributed by atoms with Crippen LogP contribution >= 0.6 is 34.8 Å². The zero-order valence-corrected chi connectivity index (χ0v) is 22.8. The summed E-state index contributed by atoms with van der Waals surface area (Å²) in [6, 6.07) is 9.16. The van der Waals surface area contributed by atoms with Gasteiger partial charge in [-0.25, -0.2) is 4.68 Å². The molecule has 1 heterocycles. The number of anilines is 2. The number of aromatic nitrogens is 2. The summed E-state index contributed by atoms with van der Waals surface area (Å²) in [4.78, 5) is 13.3. The van der Waals surface area contributed by atoms with Crippen molar-refractivity contribution in [2.45, 2.75) is 25.7 Å².